The zero-order chi connectivity index (χ0) is 12.5. The molecule has 2 N–H and O–H groups in total. The smallest absolute Gasteiger partial charge is 0.150 e. The predicted molar refractivity (Wildman–Crippen MR) is 67.5 cm³/mol. The maximum atomic E-state index is 11.6. The number of ether oxygens (including phenoxy) is 1. The summed E-state index contributed by atoms with van der Waals surface area (Å²) in [4.78, 5) is 0. The lowest BCUT2D eigenvalue weighted by molar-refractivity contribution is 0.0645. The summed E-state index contributed by atoms with van der Waals surface area (Å²) in [5.74, 6) is 0.312. The van der Waals surface area contributed by atoms with Crippen LogP contribution in [-0.2, 0) is 14.6 Å². The molecule has 4 unspecified atom stereocenters. The van der Waals surface area contributed by atoms with Gasteiger partial charge in [0.25, 0.3) is 0 Å². The fourth-order valence-corrected chi connectivity index (χ4v) is 4.32. The van der Waals surface area contributed by atoms with Crippen LogP contribution in [0.1, 0.15) is 38.5 Å². The molecule has 1 saturated carbocycles. The summed E-state index contributed by atoms with van der Waals surface area (Å²) in [6, 6.07) is 0.0158. The topological polar surface area (TPSA) is 69.4 Å². The van der Waals surface area contributed by atoms with Gasteiger partial charge in [-0.1, -0.05) is 6.42 Å². The van der Waals surface area contributed by atoms with Crippen molar-refractivity contribution in [3.05, 3.63) is 0 Å². The zero-order valence-corrected chi connectivity index (χ0v) is 11.3. The minimum Gasteiger partial charge on any atom is -0.377 e. The predicted octanol–water partition coefficient (Wildman–Crippen LogP) is 1.10. The molecule has 0 aromatic heterocycles. The molecule has 5 heteroatoms. The SMILES string of the molecule is CS(=O)(=O)C1CCCC(C(N)C2CCCO2)C1. The second kappa shape index (κ2) is 5.24. The fourth-order valence-electron chi connectivity index (χ4n) is 3.13. The first-order valence-electron chi connectivity index (χ1n) is 6.54. The lowest BCUT2D eigenvalue weighted by Gasteiger charge is -2.34. The minimum atomic E-state index is -2.91. The maximum Gasteiger partial charge on any atom is 0.150 e. The van der Waals surface area contributed by atoms with E-state index in [1.54, 1.807) is 0 Å². The standard InChI is InChI=1S/C12H23NO3S/c1-17(14,15)10-5-2-4-9(8-10)12(13)11-6-3-7-16-11/h9-12H,2-8,13H2,1H3. The molecular weight excluding hydrogens is 238 g/mol. The van der Waals surface area contributed by atoms with Crippen molar-refractivity contribution in [3.8, 4) is 0 Å². The van der Waals surface area contributed by atoms with Crippen LogP contribution < -0.4 is 5.73 Å². The largest absolute Gasteiger partial charge is 0.377 e. The van der Waals surface area contributed by atoms with E-state index in [0.29, 0.717) is 5.92 Å². The highest BCUT2D eigenvalue weighted by Gasteiger charge is 2.35. The van der Waals surface area contributed by atoms with Crippen molar-refractivity contribution >= 4 is 9.84 Å². The van der Waals surface area contributed by atoms with Crippen LogP contribution in [0.15, 0.2) is 0 Å². The Morgan fingerprint density at radius 2 is 2.00 bits per heavy atom. The van der Waals surface area contributed by atoms with E-state index in [-0.39, 0.29) is 17.4 Å². The van der Waals surface area contributed by atoms with Crippen molar-refractivity contribution in [1.29, 1.82) is 0 Å². The Bertz CT molecular complexity index is 349. The summed E-state index contributed by atoms with van der Waals surface area (Å²) >= 11 is 0. The van der Waals surface area contributed by atoms with Crippen molar-refractivity contribution < 1.29 is 13.2 Å². The lowest BCUT2D eigenvalue weighted by Crippen LogP contribution is -2.44. The van der Waals surface area contributed by atoms with Crippen molar-refractivity contribution in [3.63, 3.8) is 0 Å². The molecule has 2 aliphatic rings. The summed E-state index contributed by atoms with van der Waals surface area (Å²) in [6.07, 6.45) is 7.15. The number of sulfone groups is 1. The third-order valence-corrected chi connectivity index (χ3v) is 5.85. The van der Waals surface area contributed by atoms with Gasteiger partial charge in [0.05, 0.1) is 11.4 Å². The van der Waals surface area contributed by atoms with Gasteiger partial charge < -0.3 is 10.5 Å². The van der Waals surface area contributed by atoms with Crippen LogP contribution in [-0.4, -0.2) is 38.7 Å². The highest BCUT2D eigenvalue weighted by Crippen LogP contribution is 2.33. The van der Waals surface area contributed by atoms with Gasteiger partial charge in [0.2, 0.25) is 0 Å². The van der Waals surface area contributed by atoms with Gasteiger partial charge in [-0.25, -0.2) is 8.42 Å². The van der Waals surface area contributed by atoms with E-state index in [0.717, 1.165) is 45.1 Å². The van der Waals surface area contributed by atoms with Crippen LogP contribution in [0, 0.1) is 5.92 Å². The van der Waals surface area contributed by atoms with Crippen molar-refractivity contribution in [2.45, 2.75) is 55.9 Å². The van der Waals surface area contributed by atoms with E-state index >= 15 is 0 Å². The van der Waals surface area contributed by atoms with Crippen LogP contribution >= 0.6 is 0 Å². The van der Waals surface area contributed by atoms with E-state index in [1.807, 2.05) is 0 Å². The number of nitrogens with two attached hydrogens (primary N) is 1. The summed E-state index contributed by atoms with van der Waals surface area (Å²) < 4.78 is 28.8. The Labute approximate surface area is 104 Å². The minimum absolute atomic E-state index is 0.0158. The van der Waals surface area contributed by atoms with Crippen LogP contribution in [0.2, 0.25) is 0 Å². The summed E-state index contributed by atoms with van der Waals surface area (Å²) in [5, 5.41) is -0.186. The molecule has 17 heavy (non-hydrogen) atoms. The molecule has 0 radical (unpaired) electrons. The molecule has 0 aromatic carbocycles. The Morgan fingerprint density at radius 1 is 1.24 bits per heavy atom. The molecule has 0 bridgehead atoms. The zero-order valence-electron chi connectivity index (χ0n) is 10.5. The van der Waals surface area contributed by atoms with Gasteiger partial charge in [-0.05, 0) is 38.0 Å². The van der Waals surface area contributed by atoms with Gasteiger partial charge in [0.15, 0.2) is 0 Å². The van der Waals surface area contributed by atoms with E-state index < -0.39 is 9.84 Å². The van der Waals surface area contributed by atoms with Gasteiger partial charge in [-0.15, -0.1) is 0 Å². The highest BCUT2D eigenvalue weighted by atomic mass is 32.2. The third-order valence-electron chi connectivity index (χ3n) is 4.21. The van der Waals surface area contributed by atoms with Crippen molar-refractivity contribution in [2.24, 2.45) is 11.7 Å². The summed E-state index contributed by atoms with van der Waals surface area (Å²) in [7, 11) is -2.91. The molecule has 0 amide bonds. The fraction of sp³-hybridized carbons (Fsp3) is 1.00. The maximum absolute atomic E-state index is 11.6. The van der Waals surface area contributed by atoms with E-state index in [2.05, 4.69) is 0 Å². The first kappa shape index (κ1) is 13.3. The van der Waals surface area contributed by atoms with Gasteiger partial charge in [-0.3, -0.25) is 0 Å². The average molecular weight is 261 g/mol. The molecule has 100 valence electrons. The molecule has 4 nitrogen and oxygen atoms in total. The molecule has 0 spiro atoms. The number of hydrogen-bond acceptors (Lipinski definition) is 4. The number of hydrogen-bond donors (Lipinski definition) is 1. The second-order valence-corrected chi connectivity index (χ2v) is 7.83. The van der Waals surface area contributed by atoms with Crippen molar-refractivity contribution in [2.75, 3.05) is 12.9 Å². The lowest BCUT2D eigenvalue weighted by atomic mass is 9.81. The highest BCUT2D eigenvalue weighted by molar-refractivity contribution is 7.91. The molecule has 0 aromatic rings. The third kappa shape index (κ3) is 3.20. The Morgan fingerprint density at radius 3 is 2.59 bits per heavy atom. The van der Waals surface area contributed by atoms with Crippen LogP contribution in [0.4, 0.5) is 0 Å². The van der Waals surface area contributed by atoms with Crippen molar-refractivity contribution in [1.82, 2.24) is 0 Å². The first-order valence-corrected chi connectivity index (χ1v) is 8.50. The Kier molecular flexibility index (Phi) is 4.10. The second-order valence-electron chi connectivity index (χ2n) is 5.51. The van der Waals surface area contributed by atoms with Gasteiger partial charge in [-0.2, -0.15) is 0 Å². The van der Waals surface area contributed by atoms with Gasteiger partial charge >= 0.3 is 0 Å². The first-order chi connectivity index (χ1) is 7.98. The molecular formula is C12H23NO3S. The molecule has 2 rings (SSSR count). The van der Waals surface area contributed by atoms with Crippen LogP contribution in [0.25, 0.3) is 0 Å². The Hall–Kier alpha value is -0.130. The molecule has 1 heterocycles. The molecule has 1 saturated heterocycles. The molecule has 1 aliphatic heterocycles. The van der Waals surface area contributed by atoms with E-state index in [1.165, 1.54) is 6.26 Å². The Balaban J connectivity index is 1.96. The van der Waals surface area contributed by atoms with Crippen LogP contribution in [0.3, 0.4) is 0 Å². The summed E-state index contributed by atoms with van der Waals surface area (Å²) in [6.45, 7) is 0.806. The summed E-state index contributed by atoms with van der Waals surface area (Å²) in [5.41, 5.74) is 6.24. The van der Waals surface area contributed by atoms with E-state index in [9.17, 15) is 8.42 Å². The average Bonchev–Trinajstić information content (AvgIpc) is 2.80. The van der Waals surface area contributed by atoms with Gasteiger partial charge in [0, 0.05) is 18.9 Å². The van der Waals surface area contributed by atoms with E-state index in [4.69, 9.17) is 10.5 Å². The van der Waals surface area contributed by atoms with Gasteiger partial charge in [0.1, 0.15) is 9.84 Å². The quantitative estimate of drug-likeness (QED) is 0.826. The molecule has 4 atom stereocenters. The monoisotopic (exact) mass is 261 g/mol. The molecule has 2 fully saturated rings. The number of rotatable bonds is 3. The molecule has 1 aliphatic carbocycles. The van der Waals surface area contributed by atoms with Crippen LogP contribution in [0.5, 0.6) is 0 Å². The normalized spacial score (nSPS) is 36.9.